The number of esters is 1. The second-order valence-corrected chi connectivity index (χ2v) is 7.85. The smallest absolute Gasteiger partial charge is 0.354 e. The summed E-state index contributed by atoms with van der Waals surface area (Å²) in [6.45, 7) is 8.73. The van der Waals surface area contributed by atoms with Gasteiger partial charge in [-0.15, -0.1) is 0 Å². The van der Waals surface area contributed by atoms with Crippen LogP contribution in [0.3, 0.4) is 0 Å². The lowest BCUT2D eigenvalue weighted by molar-refractivity contribution is 0.0514. The molecule has 1 aromatic rings. The number of hydrogen-bond donors (Lipinski definition) is 1. The van der Waals surface area contributed by atoms with E-state index in [0.717, 1.165) is 18.7 Å². The maximum absolute atomic E-state index is 12.2. The maximum atomic E-state index is 12.2. The Morgan fingerprint density at radius 1 is 1.50 bits per heavy atom. The zero-order valence-corrected chi connectivity index (χ0v) is 13.3. The third kappa shape index (κ3) is 2.96. The molecule has 6 heteroatoms. The molecule has 20 heavy (non-hydrogen) atoms. The molecule has 0 aromatic carbocycles. The van der Waals surface area contributed by atoms with Gasteiger partial charge in [-0.3, -0.25) is 0 Å². The molecule has 1 N–H and O–H groups in total. The largest absolute Gasteiger partial charge is 0.461 e. The molecule has 1 aromatic heterocycles. The molecule has 0 spiro atoms. The number of carbonyl (C=O) groups excluding carboxylic acids is 1. The van der Waals surface area contributed by atoms with Crippen LogP contribution in [0.2, 0.25) is 0 Å². The summed E-state index contributed by atoms with van der Waals surface area (Å²) in [6, 6.07) is 3.72. The number of ether oxygens (including phenoxy) is 1. The number of hydrogen-bond acceptors (Lipinski definition) is 3. The van der Waals surface area contributed by atoms with Crippen molar-refractivity contribution in [3.8, 4) is 0 Å². The summed E-state index contributed by atoms with van der Waals surface area (Å²) in [5.41, 5.74) is 1.58. The molecular weight excluding hydrogens is 276 g/mol. The highest BCUT2D eigenvalue weighted by Crippen LogP contribution is 2.30. The Hall–Kier alpha value is -1.14. The first kappa shape index (κ1) is 15.3. The van der Waals surface area contributed by atoms with E-state index in [1.807, 2.05) is 31.4 Å². The summed E-state index contributed by atoms with van der Waals surface area (Å²) < 4.78 is 22.0. The molecule has 1 aliphatic rings. The van der Waals surface area contributed by atoms with Gasteiger partial charge in [0.05, 0.1) is 28.4 Å². The molecular formula is C14H22N2O3S. The van der Waals surface area contributed by atoms with E-state index in [-0.39, 0.29) is 16.8 Å². The number of rotatable bonds is 4. The van der Waals surface area contributed by atoms with Gasteiger partial charge in [-0.25, -0.2) is 13.7 Å². The van der Waals surface area contributed by atoms with Gasteiger partial charge in [0.25, 0.3) is 0 Å². The standard InChI is InChI=1S/C14H22N2O3S/c1-5-19-13(17)12-7-6-11-10(8-9-16(11)12)15-20(18)14(2,3)4/h6-7,10,15H,5,8-9H2,1-4H3. The molecule has 2 heterocycles. The van der Waals surface area contributed by atoms with Crippen LogP contribution in [0.5, 0.6) is 0 Å². The van der Waals surface area contributed by atoms with Crippen LogP contribution in [0, 0.1) is 0 Å². The lowest BCUT2D eigenvalue weighted by Gasteiger charge is -2.21. The third-order valence-corrected chi connectivity index (χ3v) is 4.91. The SMILES string of the molecule is CCOC(=O)c1ccc2n1CCC2NS(=O)C(C)(C)C. The van der Waals surface area contributed by atoms with Crippen molar-refractivity contribution >= 4 is 17.0 Å². The highest BCUT2D eigenvalue weighted by atomic mass is 32.2. The number of fused-ring (bicyclic) bond motifs is 1. The molecule has 0 radical (unpaired) electrons. The molecule has 2 rings (SSSR count). The van der Waals surface area contributed by atoms with E-state index in [0.29, 0.717) is 12.3 Å². The Bertz CT molecular complexity index is 531. The van der Waals surface area contributed by atoms with E-state index in [1.165, 1.54) is 0 Å². The summed E-state index contributed by atoms with van der Waals surface area (Å²) in [5, 5.41) is 0. The van der Waals surface area contributed by atoms with Crippen LogP contribution in [-0.2, 0) is 22.3 Å². The molecule has 112 valence electrons. The summed E-state index contributed by atoms with van der Waals surface area (Å²) >= 11 is 0. The van der Waals surface area contributed by atoms with Crippen LogP contribution in [0.4, 0.5) is 0 Å². The minimum Gasteiger partial charge on any atom is -0.461 e. The first-order chi connectivity index (χ1) is 9.34. The van der Waals surface area contributed by atoms with E-state index in [2.05, 4.69) is 4.72 Å². The molecule has 0 fully saturated rings. The van der Waals surface area contributed by atoms with Gasteiger partial charge in [-0.05, 0) is 46.2 Å². The Morgan fingerprint density at radius 3 is 2.80 bits per heavy atom. The van der Waals surface area contributed by atoms with Crippen molar-refractivity contribution in [1.82, 2.24) is 9.29 Å². The van der Waals surface area contributed by atoms with Crippen molar-refractivity contribution in [2.24, 2.45) is 0 Å². The molecule has 0 saturated carbocycles. The molecule has 0 aliphatic carbocycles. The molecule has 2 atom stereocenters. The van der Waals surface area contributed by atoms with Gasteiger partial charge in [-0.2, -0.15) is 0 Å². The fourth-order valence-electron chi connectivity index (χ4n) is 2.25. The molecule has 0 amide bonds. The first-order valence-corrected chi connectivity index (χ1v) is 8.04. The number of nitrogens with zero attached hydrogens (tertiary/aromatic N) is 1. The van der Waals surface area contributed by atoms with Crippen molar-refractivity contribution in [1.29, 1.82) is 0 Å². The summed E-state index contributed by atoms with van der Waals surface area (Å²) in [6.07, 6.45) is 0.838. The minimum atomic E-state index is -1.12. The van der Waals surface area contributed by atoms with Crippen LogP contribution in [0.15, 0.2) is 12.1 Å². The average molecular weight is 298 g/mol. The fourth-order valence-corrected chi connectivity index (χ4v) is 3.10. The van der Waals surface area contributed by atoms with Crippen molar-refractivity contribution in [3.05, 3.63) is 23.5 Å². The monoisotopic (exact) mass is 298 g/mol. The molecule has 5 nitrogen and oxygen atoms in total. The second kappa shape index (κ2) is 5.69. The highest BCUT2D eigenvalue weighted by molar-refractivity contribution is 7.84. The van der Waals surface area contributed by atoms with Crippen LogP contribution >= 0.6 is 0 Å². The van der Waals surface area contributed by atoms with E-state index in [9.17, 15) is 9.00 Å². The quantitative estimate of drug-likeness (QED) is 0.867. The molecule has 2 unspecified atom stereocenters. The Morgan fingerprint density at radius 2 is 2.20 bits per heavy atom. The topological polar surface area (TPSA) is 60.3 Å². The van der Waals surface area contributed by atoms with Gasteiger partial charge >= 0.3 is 5.97 Å². The molecule has 0 bridgehead atoms. The Kier molecular flexibility index (Phi) is 4.34. The van der Waals surface area contributed by atoms with Crippen LogP contribution < -0.4 is 4.72 Å². The van der Waals surface area contributed by atoms with Crippen molar-refractivity contribution in [3.63, 3.8) is 0 Å². The average Bonchev–Trinajstić information content (AvgIpc) is 2.91. The fraction of sp³-hybridized carbons (Fsp3) is 0.643. The van der Waals surface area contributed by atoms with Gasteiger partial charge < -0.3 is 9.30 Å². The molecule has 1 aliphatic heterocycles. The predicted molar refractivity (Wildman–Crippen MR) is 78.8 cm³/mol. The van der Waals surface area contributed by atoms with Crippen molar-refractivity contribution in [2.75, 3.05) is 6.61 Å². The van der Waals surface area contributed by atoms with Gasteiger partial charge in [0.2, 0.25) is 0 Å². The zero-order valence-electron chi connectivity index (χ0n) is 12.4. The second-order valence-electron chi connectivity index (χ2n) is 5.86. The lowest BCUT2D eigenvalue weighted by Crippen LogP contribution is -2.35. The maximum Gasteiger partial charge on any atom is 0.354 e. The van der Waals surface area contributed by atoms with E-state index >= 15 is 0 Å². The van der Waals surface area contributed by atoms with E-state index in [1.54, 1.807) is 13.0 Å². The van der Waals surface area contributed by atoms with Crippen molar-refractivity contribution in [2.45, 2.75) is 51.4 Å². The number of nitrogens with one attached hydrogen (secondary N) is 1. The van der Waals surface area contributed by atoms with Crippen molar-refractivity contribution < 1.29 is 13.7 Å². The number of carbonyl (C=O) groups is 1. The predicted octanol–water partition coefficient (Wildman–Crippen LogP) is 2.16. The third-order valence-electron chi connectivity index (χ3n) is 3.30. The van der Waals surface area contributed by atoms with E-state index in [4.69, 9.17) is 4.74 Å². The molecule has 0 saturated heterocycles. The summed E-state index contributed by atoms with van der Waals surface area (Å²) in [5.74, 6) is -0.295. The van der Waals surface area contributed by atoms with Gasteiger partial charge in [0.1, 0.15) is 5.69 Å². The summed E-state index contributed by atoms with van der Waals surface area (Å²) in [7, 11) is -1.12. The Labute approximate surface area is 122 Å². The van der Waals surface area contributed by atoms with Gasteiger partial charge in [0.15, 0.2) is 0 Å². The van der Waals surface area contributed by atoms with Gasteiger partial charge in [0, 0.05) is 12.2 Å². The zero-order chi connectivity index (χ0) is 14.9. The first-order valence-electron chi connectivity index (χ1n) is 6.89. The van der Waals surface area contributed by atoms with Gasteiger partial charge in [-0.1, -0.05) is 0 Å². The highest BCUT2D eigenvalue weighted by Gasteiger charge is 2.30. The van der Waals surface area contributed by atoms with E-state index < -0.39 is 11.0 Å². The lowest BCUT2D eigenvalue weighted by atomic mass is 10.2. The van der Waals surface area contributed by atoms with Crippen LogP contribution in [-0.4, -0.2) is 26.1 Å². The number of aromatic nitrogens is 1. The Balaban J connectivity index is 2.15. The normalized spacial score (nSPS) is 19.7. The van der Waals surface area contributed by atoms with Crippen LogP contribution in [0.25, 0.3) is 0 Å². The minimum absolute atomic E-state index is 0.0261. The van der Waals surface area contributed by atoms with Crippen LogP contribution in [0.1, 0.15) is 56.3 Å². The summed E-state index contributed by atoms with van der Waals surface area (Å²) in [4.78, 5) is 11.8.